The average Bonchev–Trinajstić information content (AvgIpc) is 2.78. The van der Waals surface area contributed by atoms with Gasteiger partial charge in [-0.05, 0) is 48.5 Å². The molecular formula is C22H19F3N2O5S. The van der Waals surface area contributed by atoms with E-state index in [0.29, 0.717) is 5.75 Å². The first-order chi connectivity index (χ1) is 15.5. The van der Waals surface area contributed by atoms with Crippen LogP contribution in [0.15, 0.2) is 71.6 Å². The Morgan fingerprint density at radius 2 is 1.58 bits per heavy atom. The maximum Gasteiger partial charge on any atom is 0.416 e. The van der Waals surface area contributed by atoms with Gasteiger partial charge in [0.05, 0.1) is 19.8 Å². The molecule has 0 fully saturated rings. The molecule has 3 aromatic rings. The lowest BCUT2D eigenvalue weighted by atomic mass is 10.1. The van der Waals surface area contributed by atoms with Crippen molar-refractivity contribution in [2.24, 2.45) is 0 Å². The van der Waals surface area contributed by atoms with Crippen LogP contribution >= 0.6 is 0 Å². The van der Waals surface area contributed by atoms with Crippen molar-refractivity contribution in [3.05, 3.63) is 77.9 Å². The number of anilines is 2. The number of amides is 1. The fourth-order valence-corrected chi connectivity index (χ4v) is 4.14. The van der Waals surface area contributed by atoms with Crippen molar-refractivity contribution < 1.29 is 35.9 Å². The molecule has 0 aromatic heterocycles. The second-order valence-corrected chi connectivity index (χ2v) is 8.39. The van der Waals surface area contributed by atoms with Crippen LogP contribution in [0.3, 0.4) is 0 Å². The summed E-state index contributed by atoms with van der Waals surface area (Å²) < 4.78 is 77.0. The Bertz CT molecular complexity index is 1280. The minimum Gasteiger partial charge on any atom is -0.497 e. The lowest BCUT2D eigenvalue weighted by molar-refractivity contribution is -0.137. The summed E-state index contributed by atoms with van der Waals surface area (Å²) >= 11 is 0. The van der Waals surface area contributed by atoms with Gasteiger partial charge < -0.3 is 14.8 Å². The first-order valence-corrected chi connectivity index (χ1v) is 10.9. The molecule has 0 saturated carbocycles. The van der Waals surface area contributed by atoms with Gasteiger partial charge in [-0.3, -0.25) is 9.52 Å². The molecular weight excluding hydrogens is 461 g/mol. The molecule has 0 bridgehead atoms. The summed E-state index contributed by atoms with van der Waals surface area (Å²) in [6.45, 7) is 0. The van der Waals surface area contributed by atoms with E-state index in [1.54, 1.807) is 0 Å². The molecule has 0 heterocycles. The Morgan fingerprint density at radius 3 is 2.24 bits per heavy atom. The van der Waals surface area contributed by atoms with Crippen molar-refractivity contribution in [3.8, 4) is 11.5 Å². The smallest absolute Gasteiger partial charge is 0.416 e. The molecule has 0 aliphatic rings. The Hall–Kier alpha value is -3.73. The van der Waals surface area contributed by atoms with E-state index >= 15 is 0 Å². The molecule has 3 aromatic carbocycles. The number of halogens is 3. The van der Waals surface area contributed by atoms with E-state index in [4.69, 9.17) is 9.47 Å². The summed E-state index contributed by atoms with van der Waals surface area (Å²) in [6.07, 6.45) is -4.56. The van der Waals surface area contributed by atoms with Gasteiger partial charge in [-0.1, -0.05) is 12.1 Å². The number of hydrogen-bond donors (Lipinski definition) is 2. The van der Waals surface area contributed by atoms with Crippen LogP contribution in [0.25, 0.3) is 0 Å². The molecule has 0 spiro atoms. The van der Waals surface area contributed by atoms with Crippen LogP contribution in [-0.2, 0) is 16.2 Å². The minimum atomic E-state index is -4.56. The van der Waals surface area contributed by atoms with Crippen LogP contribution in [0.1, 0.15) is 15.9 Å². The van der Waals surface area contributed by atoms with E-state index in [0.717, 1.165) is 12.1 Å². The molecule has 33 heavy (non-hydrogen) atoms. The maximum atomic E-state index is 12.9. The highest BCUT2D eigenvalue weighted by atomic mass is 32.2. The maximum absolute atomic E-state index is 12.9. The molecule has 0 aliphatic heterocycles. The first kappa shape index (κ1) is 23.9. The first-order valence-electron chi connectivity index (χ1n) is 9.37. The zero-order chi connectivity index (χ0) is 24.2. The fraction of sp³-hybridized carbons (Fsp3) is 0.136. The van der Waals surface area contributed by atoms with Gasteiger partial charge in [-0.2, -0.15) is 13.2 Å². The predicted molar refractivity (Wildman–Crippen MR) is 116 cm³/mol. The van der Waals surface area contributed by atoms with Crippen LogP contribution in [0.2, 0.25) is 0 Å². The summed E-state index contributed by atoms with van der Waals surface area (Å²) in [5.74, 6) is -0.332. The van der Waals surface area contributed by atoms with Crippen molar-refractivity contribution in [1.82, 2.24) is 0 Å². The van der Waals surface area contributed by atoms with E-state index < -0.39 is 27.7 Å². The largest absolute Gasteiger partial charge is 0.497 e. The van der Waals surface area contributed by atoms with Gasteiger partial charge in [0.2, 0.25) is 0 Å². The van der Waals surface area contributed by atoms with Crippen LogP contribution in [0.4, 0.5) is 24.5 Å². The number of rotatable bonds is 7. The molecule has 0 saturated heterocycles. The molecule has 0 aliphatic carbocycles. The number of carbonyl (C=O) groups is 1. The molecule has 0 atom stereocenters. The molecule has 3 rings (SSSR count). The zero-order valence-electron chi connectivity index (χ0n) is 17.4. The van der Waals surface area contributed by atoms with E-state index in [9.17, 15) is 26.4 Å². The van der Waals surface area contributed by atoms with Crippen molar-refractivity contribution in [1.29, 1.82) is 0 Å². The lowest BCUT2D eigenvalue weighted by Gasteiger charge is -2.14. The third-order valence-electron chi connectivity index (χ3n) is 4.49. The molecule has 0 unspecified atom stereocenters. The molecule has 174 valence electrons. The van der Waals surface area contributed by atoms with Gasteiger partial charge in [-0.15, -0.1) is 0 Å². The van der Waals surface area contributed by atoms with Gasteiger partial charge in [0, 0.05) is 23.0 Å². The molecule has 7 nitrogen and oxygen atoms in total. The van der Waals surface area contributed by atoms with E-state index in [2.05, 4.69) is 10.0 Å². The average molecular weight is 480 g/mol. The number of alkyl halides is 3. The number of sulfonamides is 1. The topological polar surface area (TPSA) is 93.7 Å². The third-order valence-corrected chi connectivity index (χ3v) is 5.89. The van der Waals surface area contributed by atoms with E-state index in [-0.39, 0.29) is 27.6 Å². The van der Waals surface area contributed by atoms with E-state index in [1.165, 1.54) is 68.8 Å². The quantitative estimate of drug-likeness (QED) is 0.508. The predicted octanol–water partition coefficient (Wildman–Crippen LogP) is 4.78. The van der Waals surface area contributed by atoms with Crippen LogP contribution in [0, 0.1) is 0 Å². The summed E-state index contributed by atoms with van der Waals surface area (Å²) in [6, 6.07) is 13.9. The highest BCUT2D eigenvalue weighted by molar-refractivity contribution is 7.92. The summed E-state index contributed by atoms with van der Waals surface area (Å²) in [5.41, 5.74) is -0.863. The van der Waals surface area contributed by atoms with Crippen molar-refractivity contribution >= 4 is 27.3 Å². The number of carbonyl (C=O) groups excluding carboxylic acids is 1. The zero-order valence-corrected chi connectivity index (χ0v) is 18.3. The Balaban J connectivity index is 1.84. The fourth-order valence-electron chi connectivity index (χ4n) is 2.90. The molecule has 0 radical (unpaired) electrons. The second-order valence-electron chi connectivity index (χ2n) is 6.74. The lowest BCUT2D eigenvalue weighted by Crippen LogP contribution is -2.16. The molecule has 2 N–H and O–H groups in total. The van der Waals surface area contributed by atoms with Crippen molar-refractivity contribution in [3.63, 3.8) is 0 Å². The Labute approximate surface area is 188 Å². The Morgan fingerprint density at radius 1 is 0.879 bits per heavy atom. The standard InChI is InChI=1S/C22H19F3N2O5S/c1-31-18-9-10-19(32-2)20(13-18)33(29,30)27-17-8-3-5-14(11-17)21(28)26-16-7-4-6-15(12-16)22(23,24)25/h3-13,27H,1-2H3,(H,26,28). The van der Waals surface area contributed by atoms with Gasteiger partial charge in [-0.25, -0.2) is 8.42 Å². The minimum absolute atomic E-state index is 0.0326. The SMILES string of the molecule is COc1ccc(OC)c(S(=O)(=O)Nc2cccc(C(=O)Nc3cccc(C(F)(F)F)c3)c2)c1. The van der Waals surface area contributed by atoms with Gasteiger partial charge in [0.15, 0.2) is 0 Å². The summed E-state index contributed by atoms with van der Waals surface area (Å²) in [4.78, 5) is 12.4. The summed E-state index contributed by atoms with van der Waals surface area (Å²) in [7, 11) is -1.42. The van der Waals surface area contributed by atoms with Crippen LogP contribution in [-0.4, -0.2) is 28.5 Å². The highest BCUT2D eigenvalue weighted by Crippen LogP contribution is 2.31. The number of ether oxygens (including phenoxy) is 2. The molecule has 1 amide bonds. The summed E-state index contributed by atoms with van der Waals surface area (Å²) in [5, 5.41) is 2.37. The number of hydrogen-bond acceptors (Lipinski definition) is 5. The molecule has 11 heteroatoms. The van der Waals surface area contributed by atoms with Crippen molar-refractivity contribution in [2.45, 2.75) is 11.1 Å². The van der Waals surface area contributed by atoms with Gasteiger partial charge in [0.25, 0.3) is 15.9 Å². The van der Waals surface area contributed by atoms with Gasteiger partial charge in [0.1, 0.15) is 16.4 Å². The van der Waals surface area contributed by atoms with E-state index in [1.807, 2.05) is 0 Å². The monoisotopic (exact) mass is 480 g/mol. The number of benzene rings is 3. The number of nitrogens with one attached hydrogen (secondary N) is 2. The second kappa shape index (κ2) is 9.41. The normalized spacial score (nSPS) is 11.5. The van der Waals surface area contributed by atoms with Crippen LogP contribution < -0.4 is 19.5 Å². The third kappa shape index (κ3) is 5.75. The van der Waals surface area contributed by atoms with Gasteiger partial charge >= 0.3 is 6.18 Å². The Kier molecular flexibility index (Phi) is 6.82. The van der Waals surface area contributed by atoms with Crippen LogP contribution in [0.5, 0.6) is 11.5 Å². The highest BCUT2D eigenvalue weighted by Gasteiger charge is 2.30. The number of methoxy groups -OCH3 is 2. The van der Waals surface area contributed by atoms with Crippen molar-refractivity contribution in [2.75, 3.05) is 24.3 Å².